The number of benzene rings is 2. The molecule has 2 aromatic rings. The minimum atomic E-state index is -0.190. The number of nitriles is 1. The van der Waals surface area contributed by atoms with Crippen molar-refractivity contribution in [1.29, 1.82) is 5.26 Å². The third kappa shape index (κ3) is 2.75. The van der Waals surface area contributed by atoms with E-state index in [1.165, 1.54) is 0 Å². The maximum Gasteiger partial charge on any atom is 0.254 e. The van der Waals surface area contributed by atoms with Crippen LogP contribution in [0.3, 0.4) is 0 Å². The summed E-state index contributed by atoms with van der Waals surface area (Å²) in [4.78, 5) is 16.7. The van der Waals surface area contributed by atoms with Gasteiger partial charge in [-0.05, 0) is 22.8 Å². The molecule has 126 valence electrons. The van der Waals surface area contributed by atoms with E-state index < -0.39 is 0 Å². The fraction of sp³-hybridized carbons (Fsp3) is 0.300. The zero-order valence-corrected chi connectivity index (χ0v) is 14.0. The molecule has 0 aromatic heterocycles. The minimum Gasteiger partial charge on any atom is -0.336 e. The molecule has 2 aromatic carbocycles. The van der Waals surface area contributed by atoms with Crippen molar-refractivity contribution in [3.8, 4) is 6.19 Å². The Hall–Kier alpha value is -2.84. The van der Waals surface area contributed by atoms with Crippen LogP contribution in [0.5, 0.6) is 0 Å². The summed E-state index contributed by atoms with van der Waals surface area (Å²) in [6.45, 7) is 3.68. The van der Waals surface area contributed by atoms with Gasteiger partial charge in [0, 0.05) is 31.7 Å². The predicted octanol–water partition coefficient (Wildman–Crippen LogP) is 2.12. The number of carbonyl (C=O) groups excluding carboxylic acids is 1. The van der Waals surface area contributed by atoms with Gasteiger partial charge in [-0.15, -0.1) is 0 Å². The lowest BCUT2D eigenvalue weighted by Crippen LogP contribution is -2.46. The van der Waals surface area contributed by atoms with Gasteiger partial charge in [0.2, 0.25) is 0 Å². The van der Waals surface area contributed by atoms with E-state index in [9.17, 15) is 10.1 Å². The molecule has 25 heavy (non-hydrogen) atoms. The summed E-state index contributed by atoms with van der Waals surface area (Å²) in [5, 5.41) is 12.9. The summed E-state index contributed by atoms with van der Waals surface area (Å²) in [6, 6.07) is 15.6. The lowest BCUT2D eigenvalue weighted by atomic mass is 9.93. The number of carbonyl (C=O) groups is 1. The molecule has 0 bridgehead atoms. The van der Waals surface area contributed by atoms with Crippen molar-refractivity contribution < 1.29 is 4.79 Å². The Morgan fingerprint density at radius 1 is 1.04 bits per heavy atom. The molecule has 2 aliphatic heterocycles. The van der Waals surface area contributed by atoms with Gasteiger partial charge in [0.1, 0.15) is 0 Å². The van der Waals surface area contributed by atoms with Crippen molar-refractivity contribution in [2.75, 3.05) is 26.2 Å². The molecule has 5 heteroatoms. The summed E-state index contributed by atoms with van der Waals surface area (Å²) in [7, 11) is 0. The van der Waals surface area contributed by atoms with Crippen molar-refractivity contribution in [3.63, 3.8) is 0 Å². The first-order valence-corrected chi connectivity index (χ1v) is 8.62. The first kappa shape index (κ1) is 15.7. The van der Waals surface area contributed by atoms with E-state index in [4.69, 9.17) is 0 Å². The van der Waals surface area contributed by atoms with Crippen molar-refractivity contribution in [2.24, 2.45) is 0 Å². The standard InChI is InChI=1S/C20H20N4O/c21-14-24-13-15-5-1-2-6-16(15)19(24)17-7-3-4-8-18(17)20(25)23-11-9-22-10-12-23/h1-8,19,22H,9-13H2. The number of rotatable bonds is 2. The number of hydrogen-bond acceptors (Lipinski definition) is 4. The van der Waals surface area contributed by atoms with E-state index in [-0.39, 0.29) is 11.9 Å². The Morgan fingerprint density at radius 3 is 2.48 bits per heavy atom. The zero-order chi connectivity index (χ0) is 17.2. The van der Waals surface area contributed by atoms with Crippen LogP contribution < -0.4 is 5.32 Å². The van der Waals surface area contributed by atoms with Gasteiger partial charge in [-0.2, -0.15) is 5.26 Å². The van der Waals surface area contributed by atoms with Gasteiger partial charge in [-0.3, -0.25) is 9.69 Å². The quantitative estimate of drug-likeness (QED) is 0.856. The van der Waals surface area contributed by atoms with Gasteiger partial charge in [0.25, 0.3) is 5.91 Å². The fourth-order valence-electron chi connectivity index (χ4n) is 3.78. The fourth-order valence-corrected chi connectivity index (χ4v) is 3.78. The highest BCUT2D eigenvalue weighted by Gasteiger charge is 2.33. The van der Waals surface area contributed by atoms with E-state index in [2.05, 4.69) is 23.6 Å². The molecule has 0 saturated carbocycles. The molecule has 1 amide bonds. The lowest BCUT2D eigenvalue weighted by Gasteiger charge is -2.29. The molecule has 0 spiro atoms. The van der Waals surface area contributed by atoms with Crippen molar-refractivity contribution in [1.82, 2.24) is 15.1 Å². The molecular formula is C20H20N4O. The molecule has 5 nitrogen and oxygen atoms in total. The van der Waals surface area contributed by atoms with Crippen LogP contribution in [0.1, 0.15) is 33.1 Å². The van der Waals surface area contributed by atoms with Crippen LogP contribution in [0.4, 0.5) is 0 Å². The van der Waals surface area contributed by atoms with Crippen molar-refractivity contribution >= 4 is 5.91 Å². The Labute approximate surface area is 147 Å². The number of fused-ring (bicyclic) bond motifs is 1. The topological polar surface area (TPSA) is 59.4 Å². The highest BCUT2D eigenvalue weighted by molar-refractivity contribution is 5.96. The molecular weight excluding hydrogens is 312 g/mol. The Balaban J connectivity index is 1.76. The SMILES string of the molecule is N#CN1Cc2ccccc2C1c1ccccc1C(=O)N1CCNCC1. The molecule has 2 heterocycles. The Bertz CT molecular complexity index is 836. The van der Waals surface area contributed by atoms with Crippen LogP contribution in [0.25, 0.3) is 0 Å². The monoisotopic (exact) mass is 332 g/mol. The van der Waals surface area contributed by atoms with Gasteiger partial charge < -0.3 is 10.2 Å². The summed E-state index contributed by atoms with van der Waals surface area (Å²) >= 11 is 0. The lowest BCUT2D eigenvalue weighted by molar-refractivity contribution is 0.0733. The van der Waals surface area contributed by atoms with Crippen molar-refractivity contribution in [3.05, 3.63) is 70.8 Å². The van der Waals surface area contributed by atoms with Crippen molar-refractivity contribution in [2.45, 2.75) is 12.6 Å². The molecule has 1 unspecified atom stereocenters. The van der Waals surface area contributed by atoms with E-state index in [0.717, 1.165) is 42.9 Å². The second kappa shape index (κ2) is 6.58. The van der Waals surface area contributed by atoms with Gasteiger partial charge in [0.15, 0.2) is 6.19 Å². The summed E-state index contributed by atoms with van der Waals surface area (Å²) < 4.78 is 0. The van der Waals surface area contributed by atoms with Crippen LogP contribution in [-0.4, -0.2) is 41.9 Å². The number of piperazine rings is 1. The maximum absolute atomic E-state index is 13.1. The molecule has 1 N–H and O–H groups in total. The van der Waals surface area contributed by atoms with Crippen LogP contribution in [0.2, 0.25) is 0 Å². The number of nitrogens with one attached hydrogen (secondary N) is 1. The second-order valence-corrected chi connectivity index (χ2v) is 6.46. The van der Waals surface area contributed by atoms with Gasteiger partial charge in [0.05, 0.1) is 12.6 Å². The normalized spacial score (nSPS) is 19.4. The summed E-state index contributed by atoms with van der Waals surface area (Å²) in [5.41, 5.74) is 3.88. The average molecular weight is 332 g/mol. The van der Waals surface area contributed by atoms with E-state index in [1.54, 1.807) is 4.90 Å². The number of hydrogen-bond donors (Lipinski definition) is 1. The molecule has 4 rings (SSSR count). The van der Waals surface area contributed by atoms with Gasteiger partial charge >= 0.3 is 0 Å². The maximum atomic E-state index is 13.1. The first-order valence-electron chi connectivity index (χ1n) is 8.62. The van der Waals surface area contributed by atoms with Gasteiger partial charge in [-0.1, -0.05) is 42.5 Å². The van der Waals surface area contributed by atoms with Crippen LogP contribution in [-0.2, 0) is 6.54 Å². The molecule has 0 radical (unpaired) electrons. The predicted molar refractivity (Wildman–Crippen MR) is 94.7 cm³/mol. The smallest absolute Gasteiger partial charge is 0.254 e. The van der Waals surface area contributed by atoms with Gasteiger partial charge in [-0.25, -0.2) is 0 Å². The first-order chi connectivity index (χ1) is 12.3. The third-order valence-electron chi connectivity index (χ3n) is 5.02. The molecule has 1 saturated heterocycles. The van der Waals surface area contributed by atoms with E-state index in [1.807, 2.05) is 41.3 Å². The Kier molecular flexibility index (Phi) is 4.12. The van der Waals surface area contributed by atoms with E-state index >= 15 is 0 Å². The average Bonchev–Trinajstić information content (AvgIpc) is 3.06. The number of nitrogens with zero attached hydrogens (tertiary/aromatic N) is 3. The third-order valence-corrected chi connectivity index (χ3v) is 5.02. The highest BCUT2D eigenvalue weighted by atomic mass is 16.2. The van der Waals surface area contributed by atoms with E-state index in [0.29, 0.717) is 12.1 Å². The summed E-state index contributed by atoms with van der Waals surface area (Å²) in [6.07, 6.45) is 2.30. The Morgan fingerprint density at radius 2 is 1.72 bits per heavy atom. The zero-order valence-electron chi connectivity index (χ0n) is 14.0. The summed E-state index contributed by atoms with van der Waals surface area (Å²) in [5.74, 6) is 0.0550. The minimum absolute atomic E-state index is 0.0550. The van der Waals surface area contributed by atoms with Crippen LogP contribution in [0, 0.1) is 11.5 Å². The van der Waals surface area contributed by atoms with Crippen LogP contribution in [0.15, 0.2) is 48.5 Å². The highest BCUT2D eigenvalue weighted by Crippen LogP contribution is 2.39. The molecule has 2 aliphatic rings. The largest absolute Gasteiger partial charge is 0.336 e. The second-order valence-electron chi connectivity index (χ2n) is 6.46. The van der Waals surface area contributed by atoms with Crippen LogP contribution >= 0.6 is 0 Å². The number of amides is 1. The molecule has 0 aliphatic carbocycles. The molecule has 1 fully saturated rings. The molecule has 1 atom stereocenters.